The summed E-state index contributed by atoms with van der Waals surface area (Å²) in [6, 6.07) is 5.22. The standard InChI is InChI=1S/C20H24Cl2N4O3/c1-12-11-25(8-9-26(12)14-4-5-15(21)16(22)10-14)17(27)6-7-20(13-2-3-13)18(28)23-19(29)24-20/h4-5,10,12-13H,2-3,6-9,11H2,1H3,(H2,23,24,28,29)/t12-,20-/m0/s1. The van der Waals surface area contributed by atoms with Crippen molar-refractivity contribution in [1.29, 1.82) is 0 Å². The van der Waals surface area contributed by atoms with Crippen molar-refractivity contribution in [3.63, 3.8) is 0 Å². The van der Waals surface area contributed by atoms with Gasteiger partial charge < -0.3 is 15.1 Å². The molecule has 4 rings (SSSR count). The van der Waals surface area contributed by atoms with Gasteiger partial charge in [0.25, 0.3) is 5.91 Å². The summed E-state index contributed by atoms with van der Waals surface area (Å²) in [6.45, 7) is 3.95. The third-order valence-electron chi connectivity index (χ3n) is 6.19. The molecule has 2 N–H and O–H groups in total. The summed E-state index contributed by atoms with van der Waals surface area (Å²) < 4.78 is 0. The Morgan fingerprint density at radius 1 is 1.21 bits per heavy atom. The van der Waals surface area contributed by atoms with E-state index in [1.807, 2.05) is 17.0 Å². The van der Waals surface area contributed by atoms with Crippen LogP contribution in [0.25, 0.3) is 0 Å². The molecule has 2 saturated heterocycles. The van der Waals surface area contributed by atoms with E-state index in [2.05, 4.69) is 22.5 Å². The van der Waals surface area contributed by atoms with Crippen LogP contribution in [0.5, 0.6) is 0 Å². The van der Waals surface area contributed by atoms with Crippen LogP contribution < -0.4 is 15.5 Å². The monoisotopic (exact) mass is 438 g/mol. The Morgan fingerprint density at radius 3 is 2.55 bits per heavy atom. The highest BCUT2D eigenvalue weighted by atomic mass is 35.5. The van der Waals surface area contributed by atoms with E-state index in [1.165, 1.54) is 0 Å². The minimum absolute atomic E-state index is 0.0135. The topological polar surface area (TPSA) is 81.8 Å². The smallest absolute Gasteiger partial charge is 0.322 e. The molecule has 156 valence electrons. The molecule has 1 aromatic rings. The molecule has 2 atom stereocenters. The second kappa shape index (κ2) is 7.69. The van der Waals surface area contributed by atoms with Gasteiger partial charge in [0, 0.05) is 37.8 Å². The van der Waals surface area contributed by atoms with Crippen molar-refractivity contribution in [1.82, 2.24) is 15.5 Å². The molecule has 0 radical (unpaired) electrons. The molecule has 1 saturated carbocycles. The fraction of sp³-hybridized carbons (Fsp3) is 0.550. The molecule has 2 heterocycles. The highest BCUT2D eigenvalue weighted by molar-refractivity contribution is 6.42. The Balaban J connectivity index is 1.36. The minimum Gasteiger partial charge on any atom is -0.365 e. The number of imide groups is 1. The summed E-state index contributed by atoms with van der Waals surface area (Å²) in [4.78, 5) is 40.9. The van der Waals surface area contributed by atoms with Crippen LogP contribution in [0.4, 0.5) is 10.5 Å². The summed E-state index contributed by atoms with van der Waals surface area (Å²) >= 11 is 12.2. The average molecular weight is 439 g/mol. The van der Waals surface area contributed by atoms with Crippen LogP contribution in [0.1, 0.15) is 32.6 Å². The largest absolute Gasteiger partial charge is 0.365 e. The summed E-state index contributed by atoms with van der Waals surface area (Å²) in [5.74, 6) is -0.151. The fourth-order valence-electron chi connectivity index (χ4n) is 4.44. The Bertz CT molecular complexity index is 860. The number of halogens is 2. The van der Waals surface area contributed by atoms with Gasteiger partial charge in [-0.05, 0) is 50.3 Å². The quantitative estimate of drug-likeness (QED) is 0.692. The number of carbonyl (C=O) groups is 3. The van der Waals surface area contributed by atoms with Crippen LogP contribution in [0, 0.1) is 5.92 Å². The lowest BCUT2D eigenvalue weighted by Gasteiger charge is -2.41. The lowest BCUT2D eigenvalue weighted by Crippen LogP contribution is -2.54. The fourth-order valence-corrected chi connectivity index (χ4v) is 4.73. The van der Waals surface area contributed by atoms with Gasteiger partial charge in [-0.15, -0.1) is 0 Å². The molecule has 1 aliphatic carbocycles. The summed E-state index contributed by atoms with van der Waals surface area (Å²) in [5, 5.41) is 6.14. The first-order chi connectivity index (χ1) is 13.8. The summed E-state index contributed by atoms with van der Waals surface area (Å²) in [5.41, 5.74) is 0.0669. The zero-order chi connectivity index (χ0) is 20.8. The molecular weight excluding hydrogens is 415 g/mol. The molecule has 29 heavy (non-hydrogen) atoms. The van der Waals surface area contributed by atoms with Gasteiger partial charge in [0.05, 0.1) is 10.0 Å². The lowest BCUT2D eigenvalue weighted by atomic mass is 9.87. The molecule has 9 heteroatoms. The summed E-state index contributed by atoms with van der Waals surface area (Å²) in [7, 11) is 0. The van der Waals surface area contributed by atoms with Crippen molar-refractivity contribution in [3.05, 3.63) is 28.2 Å². The molecule has 0 bridgehead atoms. The first-order valence-corrected chi connectivity index (χ1v) is 10.7. The van der Waals surface area contributed by atoms with Crippen LogP contribution in [0.15, 0.2) is 18.2 Å². The number of urea groups is 1. The van der Waals surface area contributed by atoms with Crippen molar-refractivity contribution in [2.45, 2.75) is 44.2 Å². The maximum atomic E-state index is 12.8. The number of piperazine rings is 1. The maximum absolute atomic E-state index is 12.8. The Hall–Kier alpha value is -1.99. The van der Waals surface area contributed by atoms with E-state index in [0.29, 0.717) is 36.1 Å². The first-order valence-electron chi connectivity index (χ1n) is 9.93. The van der Waals surface area contributed by atoms with E-state index in [1.54, 1.807) is 6.07 Å². The van der Waals surface area contributed by atoms with Crippen LogP contribution in [0.2, 0.25) is 10.0 Å². The Kier molecular flexibility index (Phi) is 5.38. The van der Waals surface area contributed by atoms with Crippen LogP contribution in [-0.4, -0.2) is 54.0 Å². The third kappa shape index (κ3) is 3.90. The molecule has 0 aromatic heterocycles. The number of anilines is 1. The van der Waals surface area contributed by atoms with E-state index in [4.69, 9.17) is 23.2 Å². The molecule has 1 aromatic carbocycles. The van der Waals surface area contributed by atoms with Gasteiger partial charge in [-0.2, -0.15) is 0 Å². The van der Waals surface area contributed by atoms with E-state index < -0.39 is 11.6 Å². The SMILES string of the molecule is C[C@H]1CN(C(=O)CC[C@@]2(C3CC3)NC(=O)NC2=O)CCN1c1ccc(Cl)c(Cl)c1. The van der Waals surface area contributed by atoms with E-state index in [9.17, 15) is 14.4 Å². The highest BCUT2D eigenvalue weighted by Gasteiger charge is 2.55. The molecule has 0 spiro atoms. The number of nitrogens with zero attached hydrogens (tertiary/aromatic N) is 2. The van der Waals surface area contributed by atoms with Crippen LogP contribution in [0.3, 0.4) is 0 Å². The zero-order valence-corrected chi connectivity index (χ0v) is 17.7. The van der Waals surface area contributed by atoms with Gasteiger partial charge in [-0.3, -0.25) is 14.9 Å². The van der Waals surface area contributed by atoms with Crippen molar-refractivity contribution >= 4 is 46.7 Å². The van der Waals surface area contributed by atoms with Crippen LogP contribution in [-0.2, 0) is 9.59 Å². The van der Waals surface area contributed by atoms with E-state index >= 15 is 0 Å². The van der Waals surface area contributed by atoms with Crippen molar-refractivity contribution < 1.29 is 14.4 Å². The Morgan fingerprint density at radius 2 is 1.97 bits per heavy atom. The van der Waals surface area contributed by atoms with E-state index in [-0.39, 0.29) is 30.2 Å². The number of hydrogen-bond acceptors (Lipinski definition) is 4. The van der Waals surface area contributed by atoms with Gasteiger partial charge in [0.2, 0.25) is 5.91 Å². The second-order valence-corrected chi connectivity index (χ2v) is 8.95. The third-order valence-corrected chi connectivity index (χ3v) is 6.93. The first kappa shape index (κ1) is 20.3. The summed E-state index contributed by atoms with van der Waals surface area (Å²) in [6.07, 6.45) is 2.39. The zero-order valence-electron chi connectivity index (χ0n) is 16.2. The van der Waals surface area contributed by atoms with Gasteiger partial charge in [0.15, 0.2) is 0 Å². The van der Waals surface area contributed by atoms with Gasteiger partial charge >= 0.3 is 6.03 Å². The number of benzene rings is 1. The molecule has 2 aliphatic heterocycles. The van der Waals surface area contributed by atoms with E-state index in [0.717, 1.165) is 18.5 Å². The van der Waals surface area contributed by atoms with Crippen molar-refractivity contribution in [2.24, 2.45) is 5.92 Å². The van der Waals surface area contributed by atoms with Gasteiger partial charge in [-0.25, -0.2) is 4.79 Å². The second-order valence-electron chi connectivity index (χ2n) is 8.13. The molecule has 3 aliphatic rings. The minimum atomic E-state index is -0.916. The van der Waals surface area contributed by atoms with Crippen LogP contribution >= 0.6 is 23.2 Å². The number of hydrogen-bond donors (Lipinski definition) is 2. The lowest BCUT2D eigenvalue weighted by molar-refractivity contribution is -0.133. The number of rotatable bonds is 5. The average Bonchev–Trinajstić information content (AvgIpc) is 3.48. The highest BCUT2D eigenvalue weighted by Crippen LogP contribution is 2.43. The predicted octanol–water partition coefficient (Wildman–Crippen LogP) is 2.80. The van der Waals surface area contributed by atoms with Crippen molar-refractivity contribution in [3.8, 4) is 0 Å². The number of nitrogens with one attached hydrogen (secondary N) is 2. The molecule has 0 unspecified atom stereocenters. The number of carbonyl (C=O) groups excluding carboxylic acids is 3. The maximum Gasteiger partial charge on any atom is 0.322 e. The number of amides is 4. The molecule has 4 amide bonds. The van der Waals surface area contributed by atoms with Gasteiger partial charge in [0.1, 0.15) is 5.54 Å². The molecular formula is C20H24Cl2N4O3. The Labute approximate surface area is 179 Å². The molecule has 7 nitrogen and oxygen atoms in total. The predicted molar refractivity (Wildman–Crippen MR) is 111 cm³/mol. The van der Waals surface area contributed by atoms with Gasteiger partial charge in [-0.1, -0.05) is 23.2 Å². The molecule has 3 fully saturated rings. The normalized spacial score (nSPS) is 27.1. The van der Waals surface area contributed by atoms with Crippen molar-refractivity contribution in [2.75, 3.05) is 24.5 Å².